The van der Waals surface area contributed by atoms with Gasteiger partial charge >= 0.3 is 5.97 Å². The second kappa shape index (κ2) is 9.15. The first-order chi connectivity index (χ1) is 16.8. The molecule has 0 saturated carbocycles. The Morgan fingerprint density at radius 2 is 1.71 bits per heavy atom. The lowest BCUT2D eigenvalue weighted by Gasteiger charge is -2.24. The molecule has 35 heavy (non-hydrogen) atoms. The molecule has 1 aliphatic carbocycles. The number of hydrogen-bond donors (Lipinski definition) is 0. The van der Waals surface area contributed by atoms with Crippen molar-refractivity contribution < 1.29 is 18.8 Å². The van der Waals surface area contributed by atoms with Crippen molar-refractivity contribution in [3.8, 4) is 11.3 Å². The largest absolute Gasteiger partial charge is 0.456 e. The third-order valence-electron chi connectivity index (χ3n) is 5.78. The van der Waals surface area contributed by atoms with Crippen molar-refractivity contribution in [2.24, 2.45) is 0 Å². The van der Waals surface area contributed by atoms with Gasteiger partial charge in [-0.2, -0.15) is 0 Å². The predicted molar refractivity (Wildman–Crippen MR) is 136 cm³/mol. The highest BCUT2D eigenvalue weighted by Crippen LogP contribution is 2.48. The molecule has 2 aromatic carbocycles. The Kier molecular flexibility index (Phi) is 6.03. The van der Waals surface area contributed by atoms with Crippen LogP contribution in [0.25, 0.3) is 11.3 Å². The number of benzene rings is 2. The summed E-state index contributed by atoms with van der Waals surface area (Å²) in [6, 6.07) is 19.0. The third kappa shape index (κ3) is 4.64. The molecule has 0 radical (unpaired) electrons. The zero-order valence-electron chi connectivity index (χ0n) is 19.9. The molecule has 0 saturated heterocycles. The van der Waals surface area contributed by atoms with Crippen LogP contribution in [0.1, 0.15) is 57.5 Å². The maximum absolute atomic E-state index is 13.9. The van der Waals surface area contributed by atoms with Gasteiger partial charge in [-0.05, 0) is 56.9 Å². The van der Waals surface area contributed by atoms with E-state index < -0.39 is 5.60 Å². The van der Waals surface area contributed by atoms with Crippen LogP contribution < -0.4 is 4.90 Å². The van der Waals surface area contributed by atoms with Gasteiger partial charge in [-0.1, -0.05) is 53.7 Å². The number of ether oxygens (including phenoxy) is 1. The Labute approximate surface area is 208 Å². The van der Waals surface area contributed by atoms with Crippen molar-refractivity contribution in [2.45, 2.75) is 45.8 Å². The summed E-state index contributed by atoms with van der Waals surface area (Å²) in [6.45, 7) is 5.89. The highest BCUT2D eigenvalue weighted by molar-refractivity contribution is 7.19. The quantitative estimate of drug-likeness (QED) is 0.309. The van der Waals surface area contributed by atoms with Crippen molar-refractivity contribution >= 4 is 28.2 Å². The molecule has 0 atom stereocenters. The number of nitrogens with zero attached hydrogens (tertiary/aromatic N) is 2. The Morgan fingerprint density at radius 3 is 2.40 bits per heavy atom. The van der Waals surface area contributed by atoms with Gasteiger partial charge < -0.3 is 9.26 Å². The number of esters is 1. The van der Waals surface area contributed by atoms with Gasteiger partial charge in [-0.3, -0.25) is 9.69 Å². The fourth-order valence-corrected chi connectivity index (χ4v) is 5.47. The van der Waals surface area contributed by atoms with Crippen molar-refractivity contribution in [3.63, 3.8) is 0 Å². The normalized spacial score (nSPS) is 12.5. The molecule has 0 spiro atoms. The number of aromatic nitrogens is 1. The minimum atomic E-state index is -0.635. The predicted octanol–water partition coefficient (Wildman–Crippen LogP) is 6.30. The smallest absolute Gasteiger partial charge is 0.349 e. The van der Waals surface area contributed by atoms with Gasteiger partial charge in [0.05, 0.1) is 18.3 Å². The Balaban J connectivity index is 1.68. The van der Waals surface area contributed by atoms with Gasteiger partial charge in [0.1, 0.15) is 15.5 Å². The standard InChI is InChI=1S/C28H26N2O4S/c1-28(2,3)33-27(32)24-21-15-14-20-16-29-34-23(20)22(21)26(35-24)30(17-18-10-6-4-7-11-18)25(31)19-12-8-5-9-13-19/h4-13,16H,14-15,17H2,1-3H3. The summed E-state index contributed by atoms with van der Waals surface area (Å²) in [5.74, 6) is 0.0758. The van der Waals surface area contributed by atoms with Crippen LogP contribution in [0.2, 0.25) is 0 Å². The van der Waals surface area contributed by atoms with Crippen LogP contribution in [0.3, 0.4) is 0 Å². The van der Waals surface area contributed by atoms with Gasteiger partial charge in [0.2, 0.25) is 0 Å². The molecule has 5 rings (SSSR count). The summed E-state index contributed by atoms with van der Waals surface area (Å²) in [5.41, 5.74) is 3.49. The molecule has 0 unspecified atom stereocenters. The molecular formula is C28H26N2O4S. The summed E-state index contributed by atoms with van der Waals surface area (Å²) >= 11 is 1.28. The fraction of sp³-hybridized carbons (Fsp3) is 0.250. The molecule has 0 bridgehead atoms. The maximum atomic E-state index is 13.9. The average molecular weight is 487 g/mol. The van der Waals surface area contributed by atoms with Gasteiger partial charge in [0.15, 0.2) is 5.76 Å². The van der Waals surface area contributed by atoms with Crippen LogP contribution in [0.15, 0.2) is 71.4 Å². The minimum absolute atomic E-state index is 0.152. The summed E-state index contributed by atoms with van der Waals surface area (Å²) in [4.78, 5) is 29.4. The van der Waals surface area contributed by atoms with Crippen LogP contribution in [-0.2, 0) is 24.1 Å². The molecule has 7 heteroatoms. The fourth-order valence-electron chi connectivity index (χ4n) is 4.25. The van der Waals surface area contributed by atoms with E-state index in [1.54, 1.807) is 23.2 Å². The van der Waals surface area contributed by atoms with E-state index in [-0.39, 0.29) is 11.9 Å². The summed E-state index contributed by atoms with van der Waals surface area (Å²) < 4.78 is 11.4. The second-order valence-corrected chi connectivity index (χ2v) is 10.5. The van der Waals surface area contributed by atoms with E-state index in [2.05, 4.69) is 5.16 Å². The van der Waals surface area contributed by atoms with E-state index in [1.165, 1.54) is 11.3 Å². The molecular weight excluding hydrogens is 460 g/mol. The van der Waals surface area contributed by atoms with Gasteiger partial charge in [0.25, 0.3) is 5.91 Å². The number of thiophene rings is 1. The van der Waals surface area contributed by atoms with Crippen molar-refractivity contribution in [1.29, 1.82) is 0 Å². The van der Waals surface area contributed by atoms with E-state index in [0.717, 1.165) is 22.3 Å². The van der Waals surface area contributed by atoms with Crippen molar-refractivity contribution in [3.05, 3.63) is 94.0 Å². The molecule has 0 fully saturated rings. The first kappa shape index (κ1) is 23.1. The Hall–Kier alpha value is -3.71. The Bertz CT molecular complexity index is 1370. The number of hydrogen-bond acceptors (Lipinski definition) is 6. The Morgan fingerprint density at radius 1 is 1.03 bits per heavy atom. The van der Waals surface area contributed by atoms with E-state index >= 15 is 0 Å². The lowest BCUT2D eigenvalue weighted by atomic mass is 9.92. The van der Waals surface area contributed by atoms with Gasteiger partial charge in [0, 0.05) is 11.1 Å². The minimum Gasteiger partial charge on any atom is -0.456 e. The monoisotopic (exact) mass is 486 g/mol. The molecule has 2 aromatic heterocycles. The first-order valence-corrected chi connectivity index (χ1v) is 12.4. The third-order valence-corrected chi connectivity index (χ3v) is 7.02. The lowest BCUT2D eigenvalue weighted by molar-refractivity contribution is 0.00740. The maximum Gasteiger partial charge on any atom is 0.349 e. The number of amides is 1. The highest BCUT2D eigenvalue weighted by Gasteiger charge is 2.36. The summed E-state index contributed by atoms with van der Waals surface area (Å²) in [7, 11) is 0. The molecule has 2 heterocycles. The van der Waals surface area contributed by atoms with Crippen molar-refractivity contribution in [2.75, 3.05) is 4.90 Å². The number of rotatable bonds is 5. The molecule has 0 N–H and O–H groups in total. The van der Waals surface area contributed by atoms with E-state index in [4.69, 9.17) is 9.26 Å². The number of carbonyl (C=O) groups excluding carboxylic acids is 2. The number of anilines is 1. The van der Waals surface area contributed by atoms with E-state index in [9.17, 15) is 9.59 Å². The van der Waals surface area contributed by atoms with Gasteiger partial charge in [-0.25, -0.2) is 4.79 Å². The number of carbonyl (C=O) groups is 2. The molecule has 1 amide bonds. The SMILES string of the molecule is CC(C)(C)OC(=O)c1sc(N(Cc2ccccc2)C(=O)c2ccccc2)c2c1CCc1cnoc1-2. The summed E-state index contributed by atoms with van der Waals surface area (Å²) in [6.07, 6.45) is 3.07. The first-order valence-electron chi connectivity index (χ1n) is 11.6. The topological polar surface area (TPSA) is 72.6 Å². The molecule has 4 aromatic rings. The van der Waals surface area contributed by atoms with Crippen LogP contribution in [0.5, 0.6) is 0 Å². The van der Waals surface area contributed by atoms with Gasteiger partial charge in [-0.15, -0.1) is 11.3 Å². The molecule has 0 aliphatic heterocycles. The highest BCUT2D eigenvalue weighted by atomic mass is 32.1. The van der Waals surface area contributed by atoms with Crippen LogP contribution in [-0.4, -0.2) is 22.6 Å². The number of fused-ring (bicyclic) bond motifs is 3. The number of aryl methyl sites for hydroxylation is 1. The molecule has 178 valence electrons. The molecule has 1 aliphatic rings. The van der Waals surface area contributed by atoms with E-state index in [1.807, 2.05) is 69.3 Å². The second-order valence-electron chi connectivity index (χ2n) is 9.51. The molecule has 6 nitrogen and oxygen atoms in total. The van der Waals surface area contributed by atoms with E-state index in [0.29, 0.717) is 40.6 Å². The van der Waals surface area contributed by atoms with Crippen molar-refractivity contribution in [1.82, 2.24) is 5.16 Å². The van der Waals surface area contributed by atoms with Crippen LogP contribution in [0.4, 0.5) is 5.00 Å². The average Bonchev–Trinajstić information content (AvgIpc) is 3.47. The zero-order chi connectivity index (χ0) is 24.6. The summed E-state index contributed by atoms with van der Waals surface area (Å²) in [5, 5.41) is 4.68. The van der Waals surface area contributed by atoms with Crippen LogP contribution >= 0.6 is 11.3 Å². The van der Waals surface area contributed by atoms with Crippen LogP contribution in [0, 0.1) is 0 Å². The lowest BCUT2D eigenvalue weighted by Crippen LogP contribution is -2.30. The zero-order valence-corrected chi connectivity index (χ0v) is 20.7.